The fraction of sp³-hybridized carbons (Fsp3) is 0.0769. The highest BCUT2D eigenvalue weighted by Gasteiger charge is 2.53. The van der Waals surface area contributed by atoms with E-state index >= 15 is 0 Å². The summed E-state index contributed by atoms with van der Waals surface area (Å²) in [5, 5.41) is 2.16. The van der Waals surface area contributed by atoms with Gasteiger partial charge in [-0.1, -0.05) is 60.7 Å². The highest BCUT2D eigenvalue weighted by Crippen LogP contribution is 2.30. The number of hydrogen-bond donors (Lipinski definition) is 0. The number of hydrogen-bond acceptors (Lipinski definition) is 0. The molecule has 0 bridgehead atoms. The summed E-state index contributed by atoms with van der Waals surface area (Å²) in [6, 6.07) is 20.0. The average molecular weight is 332 g/mol. The molecule has 0 heterocycles. The van der Waals surface area contributed by atoms with Crippen LogP contribution < -0.4 is 10.4 Å². The molecule has 0 radical (unpaired) electrons. The molecule has 0 atom stereocenters. The zero-order valence-electron chi connectivity index (χ0n) is 9.91. The lowest BCUT2D eigenvalue weighted by atomic mass is 10.4. The van der Waals surface area contributed by atoms with Gasteiger partial charge in [0.1, 0.15) is 0 Å². The van der Waals surface area contributed by atoms with Gasteiger partial charge in [-0.15, -0.1) is 22.2 Å². The molecule has 2 aromatic carbocycles. The van der Waals surface area contributed by atoms with Crippen LogP contribution in [-0.4, -0.2) is 13.1 Å². The minimum absolute atomic E-state index is 1.08. The van der Waals surface area contributed by atoms with Crippen molar-refractivity contribution in [3.8, 4) is 0 Å². The summed E-state index contributed by atoms with van der Waals surface area (Å²) in [5.41, 5.74) is 0. The Bertz CT molecular complexity index is 469. The molecule has 0 N–H and O–H groups in total. The quantitative estimate of drug-likeness (QED) is 0.595. The minimum Gasteiger partial charge on any atom is -0.155 e. The van der Waals surface area contributed by atoms with E-state index in [4.69, 9.17) is 33.2 Å². The second-order valence-corrected chi connectivity index (χ2v) is 23.4. The lowest BCUT2D eigenvalue weighted by Gasteiger charge is -2.32. The zero-order valence-corrected chi connectivity index (χ0v) is 14.2. The third-order valence-electron chi connectivity index (χ3n) is 2.95. The van der Waals surface area contributed by atoms with Crippen LogP contribution in [0, 0.1) is 0 Å². The van der Waals surface area contributed by atoms with Crippen molar-refractivity contribution in [2.24, 2.45) is 0 Å². The van der Waals surface area contributed by atoms with E-state index in [0.717, 1.165) is 10.4 Å². The molecule has 0 spiro atoms. The highest BCUT2D eigenvalue weighted by atomic mass is 35.7. The number of rotatable bonds is 3. The van der Waals surface area contributed by atoms with Crippen LogP contribution in [0.25, 0.3) is 0 Å². The van der Waals surface area contributed by atoms with Crippen molar-refractivity contribution in [2.75, 3.05) is 0 Å². The van der Waals surface area contributed by atoms with E-state index in [2.05, 4.69) is 0 Å². The van der Waals surface area contributed by atoms with Crippen molar-refractivity contribution in [3.05, 3.63) is 60.7 Å². The average Bonchev–Trinajstić information content (AvgIpc) is 2.38. The van der Waals surface area contributed by atoms with Crippen molar-refractivity contribution in [1.29, 1.82) is 0 Å². The van der Waals surface area contributed by atoms with Crippen LogP contribution in [-0.2, 0) is 0 Å². The van der Waals surface area contributed by atoms with Gasteiger partial charge in [0.2, 0.25) is 6.90 Å². The molecule has 0 aliphatic rings. The number of halogens is 3. The SMILES string of the molecule is C[Si](Cl)(Cl)[Si](Cl)(c1ccccc1)c1ccccc1. The Kier molecular flexibility index (Phi) is 4.24. The van der Waals surface area contributed by atoms with E-state index in [-0.39, 0.29) is 0 Å². The molecule has 0 aliphatic carbocycles. The van der Waals surface area contributed by atoms with E-state index in [1.54, 1.807) is 0 Å². The molecule has 0 fully saturated rings. The molecule has 0 aromatic heterocycles. The standard InChI is InChI=1S/C13H13Cl3Si2/c1-17(14,15)18(16,12-8-4-2-5-9-12)13-10-6-3-7-11-13/h2-11H,1H3. The Morgan fingerprint density at radius 2 is 1.00 bits per heavy atom. The maximum atomic E-state index is 7.00. The molecule has 0 aliphatic heterocycles. The second-order valence-electron chi connectivity index (χ2n) is 4.28. The molecule has 2 aromatic rings. The molecule has 0 saturated carbocycles. The molecule has 2 rings (SSSR count). The molecular weight excluding hydrogens is 319 g/mol. The minimum atomic E-state index is -2.56. The fourth-order valence-electron chi connectivity index (χ4n) is 2.01. The molecule has 94 valence electrons. The van der Waals surface area contributed by atoms with Crippen LogP contribution in [0.2, 0.25) is 6.55 Å². The molecule has 0 saturated heterocycles. The molecule has 0 nitrogen and oxygen atoms in total. The summed E-state index contributed by atoms with van der Waals surface area (Å²) in [6.45, 7) is -0.649. The van der Waals surface area contributed by atoms with Crippen molar-refractivity contribution < 1.29 is 0 Å². The number of benzene rings is 2. The summed E-state index contributed by atoms with van der Waals surface area (Å²) in [6.07, 6.45) is -2.54. The van der Waals surface area contributed by atoms with Gasteiger partial charge in [0.05, 0.1) is 0 Å². The van der Waals surface area contributed by atoms with Gasteiger partial charge in [0.25, 0.3) is 6.21 Å². The lowest BCUT2D eigenvalue weighted by molar-refractivity contribution is 1.73. The van der Waals surface area contributed by atoms with Crippen molar-refractivity contribution in [3.63, 3.8) is 0 Å². The van der Waals surface area contributed by atoms with E-state index in [1.165, 1.54) is 0 Å². The Morgan fingerprint density at radius 3 is 1.28 bits per heavy atom. The van der Waals surface area contributed by atoms with Crippen molar-refractivity contribution in [2.45, 2.75) is 6.55 Å². The molecule has 18 heavy (non-hydrogen) atoms. The summed E-state index contributed by atoms with van der Waals surface area (Å²) in [4.78, 5) is 0. The molecule has 0 amide bonds. The van der Waals surface area contributed by atoms with Gasteiger partial charge < -0.3 is 0 Å². The Balaban J connectivity index is 2.63. The first-order valence-electron chi connectivity index (χ1n) is 5.64. The van der Waals surface area contributed by atoms with Crippen LogP contribution >= 0.6 is 33.2 Å². The fourth-order valence-corrected chi connectivity index (χ4v) is 13.4. The van der Waals surface area contributed by atoms with Crippen LogP contribution in [0.1, 0.15) is 0 Å². The van der Waals surface area contributed by atoms with Crippen LogP contribution in [0.3, 0.4) is 0 Å². The van der Waals surface area contributed by atoms with Crippen LogP contribution in [0.4, 0.5) is 0 Å². The maximum Gasteiger partial charge on any atom is 0.263 e. The van der Waals surface area contributed by atoms with E-state index < -0.39 is 13.1 Å². The van der Waals surface area contributed by atoms with Crippen molar-refractivity contribution >= 4 is 56.7 Å². The first-order chi connectivity index (χ1) is 8.46. The van der Waals surface area contributed by atoms with Gasteiger partial charge in [-0.25, -0.2) is 0 Å². The van der Waals surface area contributed by atoms with Gasteiger partial charge in [0.15, 0.2) is 0 Å². The molecule has 0 unspecified atom stereocenters. The predicted molar refractivity (Wildman–Crippen MR) is 87.1 cm³/mol. The second kappa shape index (κ2) is 5.39. The zero-order chi connectivity index (χ0) is 13.2. The first kappa shape index (κ1) is 14.2. The highest BCUT2D eigenvalue weighted by molar-refractivity contribution is 7.88. The van der Waals surface area contributed by atoms with Crippen LogP contribution in [0.5, 0.6) is 0 Å². The summed E-state index contributed by atoms with van der Waals surface area (Å²) in [7, 11) is 0. The smallest absolute Gasteiger partial charge is 0.155 e. The summed E-state index contributed by atoms with van der Waals surface area (Å²) >= 11 is 20.1. The molecule has 5 heteroatoms. The van der Waals surface area contributed by atoms with Gasteiger partial charge in [-0.05, 0) is 16.9 Å². The third kappa shape index (κ3) is 2.53. The van der Waals surface area contributed by atoms with Crippen LogP contribution in [0.15, 0.2) is 60.7 Å². The van der Waals surface area contributed by atoms with Gasteiger partial charge in [-0.3, -0.25) is 0 Å². The van der Waals surface area contributed by atoms with E-state index in [1.807, 2.05) is 67.2 Å². The Hall–Kier alpha value is -0.256. The van der Waals surface area contributed by atoms with Gasteiger partial charge in [-0.2, -0.15) is 11.1 Å². The Labute approximate surface area is 123 Å². The largest absolute Gasteiger partial charge is 0.263 e. The van der Waals surface area contributed by atoms with E-state index in [0.29, 0.717) is 0 Å². The lowest BCUT2D eigenvalue weighted by Crippen LogP contribution is -2.67. The summed E-state index contributed by atoms with van der Waals surface area (Å²) < 4.78 is 0. The van der Waals surface area contributed by atoms with Gasteiger partial charge in [0, 0.05) is 0 Å². The third-order valence-corrected chi connectivity index (χ3v) is 23.3. The van der Waals surface area contributed by atoms with Crippen molar-refractivity contribution in [1.82, 2.24) is 0 Å². The topological polar surface area (TPSA) is 0 Å². The molecular formula is C13H13Cl3Si2. The normalized spacial score (nSPS) is 12.4. The first-order valence-corrected chi connectivity index (χ1v) is 14.2. The summed E-state index contributed by atoms with van der Waals surface area (Å²) in [5.74, 6) is 0. The van der Waals surface area contributed by atoms with Gasteiger partial charge >= 0.3 is 0 Å². The Morgan fingerprint density at radius 1 is 0.667 bits per heavy atom. The maximum absolute atomic E-state index is 7.00. The van der Waals surface area contributed by atoms with E-state index in [9.17, 15) is 0 Å². The predicted octanol–water partition coefficient (Wildman–Crippen LogP) is 3.61. The monoisotopic (exact) mass is 330 g/mol.